The molecule has 1 aliphatic rings. The Kier molecular flexibility index (Phi) is 4.83. The Labute approximate surface area is 144 Å². The van der Waals surface area contributed by atoms with Gasteiger partial charge in [-0.1, -0.05) is 43.3 Å². The van der Waals surface area contributed by atoms with Gasteiger partial charge in [0.15, 0.2) is 0 Å². The lowest BCUT2D eigenvalue weighted by Crippen LogP contribution is -2.39. The van der Waals surface area contributed by atoms with E-state index in [0.717, 1.165) is 17.5 Å². The van der Waals surface area contributed by atoms with Gasteiger partial charge in [0.2, 0.25) is 0 Å². The predicted molar refractivity (Wildman–Crippen MR) is 94.4 cm³/mol. The minimum Gasteiger partial charge on any atom is -0.383 e. The van der Waals surface area contributed by atoms with Gasteiger partial charge >= 0.3 is 0 Å². The summed E-state index contributed by atoms with van der Waals surface area (Å²) in [5.74, 6) is 0.159. The van der Waals surface area contributed by atoms with E-state index < -0.39 is 16.4 Å². The van der Waals surface area contributed by atoms with Gasteiger partial charge in [0.25, 0.3) is 5.91 Å². The first-order chi connectivity index (χ1) is 11.5. The van der Waals surface area contributed by atoms with Crippen LogP contribution in [0.5, 0.6) is 0 Å². The van der Waals surface area contributed by atoms with Gasteiger partial charge in [0.1, 0.15) is 5.60 Å². The maximum absolute atomic E-state index is 12.5. The molecule has 24 heavy (non-hydrogen) atoms. The molecule has 0 heterocycles. The van der Waals surface area contributed by atoms with Gasteiger partial charge in [-0.05, 0) is 36.1 Å². The zero-order chi connectivity index (χ0) is 17.2. The topological polar surface area (TPSA) is 66.4 Å². The van der Waals surface area contributed by atoms with Gasteiger partial charge in [-0.3, -0.25) is 9.00 Å². The Morgan fingerprint density at radius 1 is 1.21 bits per heavy atom. The average Bonchev–Trinajstić information content (AvgIpc) is 2.97. The molecule has 5 heteroatoms. The normalized spacial score (nSPS) is 20.4. The van der Waals surface area contributed by atoms with Crippen molar-refractivity contribution in [2.24, 2.45) is 0 Å². The van der Waals surface area contributed by atoms with Crippen LogP contribution in [0.4, 0.5) is 0 Å². The third-order valence-corrected chi connectivity index (χ3v) is 5.88. The molecule has 0 radical (unpaired) electrons. The first-order valence-corrected chi connectivity index (χ1v) is 9.43. The number of benzene rings is 2. The number of aryl methyl sites for hydroxylation is 1. The molecule has 126 valence electrons. The zero-order valence-electron chi connectivity index (χ0n) is 13.6. The first-order valence-electron chi connectivity index (χ1n) is 8.11. The van der Waals surface area contributed by atoms with Crippen LogP contribution in [0.3, 0.4) is 0 Å². The molecular weight excluding hydrogens is 322 g/mol. The third-order valence-electron chi connectivity index (χ3n) is 4.51. The fourth-order valence-electron chi connectivity index (χ4n) is 3.18. The minimum absolute atomic E-state index is 0.149. The van der Waals surface area contributed by atoms with Crippen molar-refractivity contribution in [3.05, 3.63) is 65.2 Å². The van der Waals surface area contributed by atoms with Crippen LogP contribution in [0.2, 0.25) is 0 Å². The van der Waals surface area contributed by atoms with E-state index in [-0.39, 0.29) is 12.5 Å². The van der Waals surface area contributed by atoms with E-state index in [1.54, 1.807) is 24.3 Å². The largest absolute Gasteiger partial charge is 0.383 e. The van der Waals surface area contributed by atoms with Crippen LogP contribution in [0.25, 0.3) is 0 Å². The van der Waals surface area contributed by atoms with Gasteiger partial charge in [-0.15, -0.1) is 0 Å². The molecule has 4 nitrogen and oxygen atoms in total. The van der Waals surface area contributed by atoms with E-state index in [1.165, 1.54) is 0 Å². The van der Waals surface area contributed by atoms with Crippen molar-refractivity contribution in [3.8, 4) is 0 Å². The molecule has 2 aromatic rings. The fourth-order valence-corrected chi connectivity index (χ4v) is 4.13. The molecule has 0 bridgehead atoms. The van der Waals surface area contributed by atoms with Gasteiger partial charge in [-0.2, -0.15) is 0 Å². The molecule has 2 unspecified atom stereocenters. The summed E-state index contributed by atoms with van der Waals surface area (Å²) in [5.41, 5.74) is 1.38. The van der Waals surface area contributed by atoms with Gasteiger partial charge in [0.05, 0.1) is 27.8 Å². The summed E-state index contributed by atoms with van der Waals surface area (Å²) in [7, 11) is -1.20. The zero-order valence-corrected chi connectivity index (χ0v) is 14.4. The summed E-state index contributed by atoms with van der Waals surface area (Å²) in [5, 5.41) is 13.7. The second kappa shape index (κ2) is 6.87. The predicted octanol–water partition coefficient (Wildman–Crippen LogP) is 2.38. The van der Waals surface area contributed by atoms with Crippen LogP contribution in [0.1, 0.15) is 34.8 Å². The summed E-state index contributed by atoms with van der Waals surface area (Å²) in [4.78, 5) is 13.1. The van der Waals surface area contributed by atoms with E-state index in [9.17, 15) is 14.1 Å². The molecular formula is C19H21NO3S. The maximum Gasteiger partial charge on any atom is 0.252 e. The van der Waals surface area contributed by atoms with Gasteiger partial charge < -0.3 is 10.4 Å². The summed E-state index contributed by atoms with van der Waals surface area (Å²) in [6, 6.07) is 14.7. The van der Waals surface area contributed by atoms with Crippen LogP contribution >= 0.6 is 0 Å². The molecule has 1 aliphatic carbocycles. The number of amides is 1. The maximum atomic E-state index is 12.5. The lowest BCUT2D eigenvalue weighted by atomic mass is 9.96. The highest BCUT2D eigenvalue weighted by molar-refractivity contribution is 7.85. The van der Waals surface area contributed by atoms with Crippen LogP contribution in [0, 0.1) is 0 Å². The highest BCUT2D eigenvalue weighted by atomic mass is 32.2. The molecule has 2 N–H and O–H groups in total. The second-order valence-corrected chi connectivity index (χ2v) is 7.71. The van der Waals surface area contributed by atoms with Crippen molar-refractivity contribution in [2.45, 2.75) is 30.3 Å². The summed E-state index contributed by atoms with van der Waals surface area (Å²) in [6.45, 7) is 1.97. The highest BCUT2D eigenvalue weighted by Crippen LogP contribution is 2.36. The van der Waals surface area contributed by atoms with Crippen LogP contribution in [0.15, 0.2) is 53.4 Å². The van der Waals surface area contributed by atoms with E-state index in [0.29, 0.717) is 22.6 Å². The van der Waals surface area contributed by atoms with Crippen molar-refractivity contribution in [2.75, 3.05) is 12.3 Å². The van der Waals surface area contributed by atoms with E-state index in [1.807, 2.05) is 31.2 Å². The second-order valence-electron chi connectivity index (χ2n) is 6.00. The molecule has 2 atom stereocenters. The molecule has 1 amide bonds. The monoisotopic (exact) mass is 343 g/mol. The highest BCUT2D eigenvalue weighted by Gasteiger charge is 2.36. The van der Waals surface area contributed by atoms with Crippen LogP contribution in [-0.2, 0) is 22.8 Å². The van der Waals surface area contributed by atoms with Crippen molar-refractivity contribution < 1.29 is 14.1 Å². The number of rotatable bonds is 5. The molecule has 0 aromatic heterocycles. The molecule has 0 spiro atoms. The third kappa shape index (κ3) is 3.14. The quantitative estimate of drug-likeness (QED) is 0.876. The van der Waals surface area contributed by atoms with Crippen LogP contribution < -0.4 is 5.32 Å². The summed E-state index contributed by atoms with van der Waals surface area (Å²) in [6.07, 6.45) is 1.40. The number of carbonyl (C=O) groups excluding carboxylic acids is 1. The van der Waals surface area contributed by atoms with E-state index in [4.69, 9.17) is 0 Å². The molecule has 0 saturated heterocycles. The first kappa shape index (κ1) is 16.9. The smallest absolute Gasteiger partial charge is 0.252 e. The van der Waals surface area contributed by atoms with Crippen molar-refractivity contribution in [3.63, 3.8) is 0 Å². The number of nitrogens with one attached hydrogen (secondary N) is 1. The summed E-state index contributed by atoms with van der Waals surface area (Å²) >= 11 is 0. The van der Waals surface area contributed by atoms with Crippen LogP contribution in [-0.4, -0.2) is 27.5 Å². The Bertz CT molecular complexity index is 790. The number of hydrogen-bond acceptors (Lipinski definition) is 3. The van der Waals surface area contributed by atoms with Crippen molar-refractivity contribution in [1.29, 1.82) is 0 Å². The molecule has 0 saturated carbocycles. The average molecular weight is 343 g/mol. The van der Waals surface area contributed by atoms with Gasteiger partial charge in [0, 0.05) is 5.75 Å². The van der Waals surface area contributed by atoms with Gasteiger partial charge in [-0.25, -0.2) is 0 Å². The number of hydrogen-bond donors (Lipinski definition) is 2. The Morgan fingerprint density at radius 2 is 1.92 bits per heavy atom. The molecule has 2 aromatic carbocycles. The Balaban J connectivity index is 1.77. The SMILES string of the molecule is CCS(=O)c1ccccc1C(=O)NCC1(O)CCc2ccccc21. The van der Waals surface area contributed by atoms with E-state index >= 15 is 0 Å². The Hall–Kier alpha value is -1.98. The van der Waals surface area contributed by atoms with Crippen molar-refractivity contribution in [1.82, 2.24) is 5.32 Å². The fraction of sp³-hybridized carbons (Fsp3) is 0.316. The lowest BCUT2D eigenvalue weighted by Gasteiger charge is -2.24. The van der Waals surface area contributed by atoms with Crippen molar-refractivity contribution >= 4 is 16.7 Å². The van der Waals surface area contributed by atoms with E-state index in [2.05, 4.69) is 5.32 Å². The standard InChI is InChI=1S/C19H21NO3S/c1-2-24(23)17-10-6-4-8-15(17)18(21)20-13-19(22)12-11-14-7-3-5-9-16(14)19/h3-10,22H,2,11-13H2,1H3,(H,20,21). The number of carbonyl (C=O) groups is 1. The summed E-state index contributed by atoms with van der Waals surface area (Å²) < 4.78 is 12.1. The number of fused-ring (bicyclic) bond motifs is 1. The molecule has 0 aliphatic heterocycles. The molecule has 3 rings (SSSR count). The Morgan fingerprint density at radius 3 is 2.71 bits per heavy atom. The molecule has 0 fully saturated rings. The minimum atomic E-state index is -1.20. The lowest BCUT2D eigenvalue weighted by molar-refractivity contribution is 0.0369. The number of aliphatic hydroxyl groups is 1.